The number of aromatic nitrogens is 3. The minimum atomic E-state index is -0.731. The van der Waals surface area contributed by atoms with Gasteiger partial charge in [0.05, 0.1) is 23.5 Å². The zero-order valence-corrected chi connectivity index (χ0v) is 18.4. The van der Waals surface area contributed by atoms with Crippen molar-refractivity contribution in [1.29, 1.82) is 0 Å². The summed E-state index contributed by atoms with van der Waals surface area (Å²) in [6.45, 7) is 5.25. The molecule has 9 heteroatoms. The van der Waals surface area contributed by atoms with Crippen molar-refractivity contribution >= 4 is 34.2 Å². The van der Waals surface area contributed by atoms with Crippen LogP contribution >= 0.6 is 0 Å². The lowest BCUT2D eigenvalue weighted by Crippen LogP contribution is -2.39. The van der Waals surface area contributed by atoms with E-state index >= 15 is 0 Å². The van der Waals surface area contributed by atoms with Crippen LogP contribution in [0.25, 0.3) is 10.9 Å². The fourth-order valence-corrected chi connectivity index (χ4v) is 3.95. The number of nitrogens with one attached hydrogen (secondary N) is 1. The number of aryl methyl sites for hydroxylation is 1. The Kier molecular flexibility index (Phi) is 6.36. The predicted molar refractivity (Wildman–Crippen MR) is 122 cm³/mol. The fourth-order valence-electron chi connectivity index (χ4n) is 3.95. The van der Waals surface area contributed by atoms with E-state index < -0.39 is 11.8 Å². The SMILES string of the molecule is CCN(Cc1ccccc1C)C(=O)C(=O)Nc1cnc(N)c2cnn(C3CCCCO3)c12. The molecule has 3 N–H and O–H groups in total. The second-order valence-electron chi connectivity index (χ2n) is 7.93. The Hall–Kier alpha value is -3.46. The molecule has 168 valence electrons. The number of likely N-dealkylation sites (N-methyl/N-ethyl adjacent to an activating group) is 1. The van der Waals surface area contributed by atoms with E-state index in [1.54, 1.807) is 10.9 Å². The molecule has 0 saturated carbocycles. The molecule has 2 aromatic heterocycles. The third-order valence-electron chi connectivity index (χ3n) is 5.82. The highest BCUT2D eigenvalue weighted by Crippen LogP contribution is 2.32. The largest absolute Gasteiger partial charge is 0.383 e. The van der Waals surface area contributed by atoms with E-state index in [9.17, 15) is 9.59 Å². The van der Waals surface area contributed by atoms with Gasteiger partial charge in [-0.25, -0.2) is 9.67 Å². The second-order valence-corrected chi connectivity index (χ2v) is 7.93. The summed E-state index contributed by atoms with van der Waals surface area (Å²) in [6, 6.07) is 7.81. The van der Waals surface area contributed by atoms with Crippen molar-refractivity contribution < 1.29 is 14.3 Å². The highest BCUT2D eigenvalue weighted by Gasteiger charge is 2.25. The van der Waals surface area contributed by atoms with Gasteiger partial charge in [0.2, 0.25) is 0 Å². The molecule has 4 rings (SSSR count). The third kappa shape index (κ3) is 4.29. The highest BCUT2D eigenvalue weighted by molar-refractivity contribution is 6.40. The molecule has 1 aromatic carbocycles. The number of benzene rings is 1. The number of nitrogen functional groups attached to an aromatic ring is 1. The first-order chi connectivity index (χ1) is 15.5. The molecule has 32 heavy (non-hydrogen) atoms. The number of pyridine rings is 1. The molecular formula is C23H28N6O3. The van der Waals surface area contributed by atoms with Crippen LogP contribution in [0.2, 0.25) is 0 Å². The number of fused-ring (bicyclic) bond motifs is 1. The van der Waals surface area contributed by atoms with Crippen molar-refractivity contribution in [3.63, 3.8) is 0 Å². The predicted octanol–water partition coefficient (Wildman–Crippen LogP) is 3.01. The van der Waals surface area contributed by atoms with Crippen molar-refractivity contribution in [2.24, 2.45) is 0 Å². The van der Waals surface area contributed by atoms with Crippen molar-refractivity contribution in [2.75, 3.05) is 24.2 Å². The van der Waals surface area contributed by atoms with Gasteiger partial charge in [-0.2, -0.15) is 5.10 Å². The average Bonchev–Trinajstić information content (AvgIpc) is 3.27. The van der Waals surface area contributed by atoms with Crippen molar-refractivity contribution in [1.82, 2.24) is 19.7 Å². The number of amides is 2. The van der Waals surface area contributed by atoms with Gasteiger partial charge in [-0.1, -0.05) is 24.3 Å². The van der Waals surface area contributed by atoms with Crippen molar-refractivity contribution in [3.8, 4) is 0 Å². The van der Waals surface area contributed by atoms with Gasteiger partial charge in [0.25, 0.3) is 0 Å². The zero-order valence-electron chi connectivity index (χ0n) is 18.4. The van der Waals surface area contributed by atoms with Crippen LogP contribution in [0.1, 0.15) is 43.5 Å². The van der Waals surface area contributed by atoms with Gasteiger partial charge in [-0.05, 0) is 44.2 Å². The van der Waals surface area contributed by atoms with Gasteiger partial charge in [-0.15, -0.1) is 0 Å². The number of hydrogen-bond acceptors (Lipinski definition) is 6. The molecular weight excluding hydrogens is 408 g/mol. The van der Waals surface area contributed by atoms with Gasteiger partial charge in [-0.3, -0.25) is 9.59 Å². The molecule has 1 saturated heterocycles. The van der Waals surface area contributed by atoms with E-state index in [2.05, 4.69) is 15.4 Å². The summed E-state index contributed by atoms with van der Waals surface area (Å²) < 4.78 is 7.58. The van der Waals surface area contributed by atoms with Crippen LogP contribution in [-0.4, -0.2) is 44.6 Å². The standard InChI is InChI=1S/C23H28N6O3/c1-3-28(14-16-9-5-4-8-15(16)2)23(31)22(30)27-18-13-25-21(24)17-12-26-29(20(17)18)19-10-6-7-11-32-19/h4-5,8-9,12-13,19H,3,6-7,10-11,14H2,1-2H3,(H2,24,25)(H,27,30). The Balaban J connectivity index is 1.58. The quantitative estimate of drug-likeness (QED) is 0.594. The van der Waals surface area contributed by atoms with Crippen LogP contribution in [-0.2, 0) is 20.9 Å². The molecule has 1 unspecified atom stereocenters. The van der Waals surface area contributed by atoms with E-state index in [-0.39, 0.29) is 6.23 Å². The molecule has 1 aliphatic rings. The van der Waals surface area contributed by atoms with Gasteiger partial charge < -0.3 is 20.7 Å². The molecule has 3 aromatic rings. The third-order valence-corrected chi connectivity index (χ3v) is 5.82. The van der Waals surface area contributed by atoms with Gasteiger partial charge in [0, 0.05) is 19.7 Å². The number of nitrogens with two attached hydrogens (primary N) is 1. The maximum atomic E-state index is 12.9. The highest BCUT2D eigenvalue weighted by atomic mass is 16.5. The van der Waals surface area contributed by atoms with E-state index in [0.29, 0.717) is 42.1 Å². The van der Waals surface area contributed by atoms with Crippen molar-refractivity contribution in [2.45, 2.75) is 45.9 Å². The summed E-state index contributed by atoms with van der Waals surface area (Å²) in [5.41, 5.74) is 9.09. The van der Waals surface area contributed by atoms with Crippen LogP contribution in [0.15, 0.2) is 36.7 Å². The number of carbonyl (C=O) groups excluding carboxylic acids is 2. The monoisotopic (exact) mass is 436 g/mol. The summed E-state index contributed by atoms with van der Waals surface area (Å²) in [4.78, 5) is 31.5. The van der Waals surface area contributed by atoms with Crippen molar-refractivity contribution in [3.05, 3.63) is 47.8 Å². The van der Waals surface area contributed by atoms with Crippen LogP contribution in [0.4, 0.5) is 11.5 Å². The first-order valence-corrected chi connectivity index (χ1v) is 10.9. The summed E-state index contributed by atoms with van der Waals surface area (Å²) >= 11 is 0. The Bertz CT molecular complexity index is 1140. The molecule has 1 fully saturated rings. The molecule has 1 atom stereocenters. The number of ether oxygens (including phenoxy) is 1. The Morgan fingerprint density at radius 1 is 1.28 bits per heavy atom. The molecule has 0 spiro atoms. The summed E-state index contributed by atoms with van der Waals surface area (Å²) in [5.74, 6) is -1.03. The smallest absolute Gasteiger partial charge is 0.314 e. The Morgan fingerprint density at radius 2 is 2.09 bits per heavy atom. The lowest BCUT2D eigenvalue weighted by molar-refractivity contribution is -0.143. The number of rotatable bonds is 5. The van der Waals surface area contributed by atoms with Crippen LogP contribution in [0.5, 0.6) is 0 Å². The molecule has 3 heterocycles. The number of anilines is 2. The fraction of sp³-hybridized carbons (Fsp3) is 0.391. The second kappa shape index (κ2) is 9.35. The molecule has 2 amide bonds. The van der Waals surface area contributed by atoms with Crippen LogP contribution < -0.4 is 11.1 Å². The van der Waals surface area contributed by atoms with E-state index in [1.807, 2.05) is 38.1 Å². The first-order valence-electron chi connectivity index (χ1n) is 10.9. The summed E-state index contributed by atoms with van der Waals surface area (Å²) in [5, 5.41) is 7.77. The topological polar surface area (TPSA) is 115 Å². The van der Waals surface area contributed by atoms with Crippen LogP contribution in [0, 0.1) is 6.92 Å². The normalized spacial score (nSPS) is 16.1. The van der Waals surface area contributed by atoms with E-state index in [4.69, 9.17) is 10.5 Å². The lowest BCUT2D eigenvalue weighted by Gasteiger charge is -2.24. The van der Waals surface area contributed by atoms with E-state index in [1.165, 1.54) is 11.1 Å². The summed E-state index contributed by atoms with van der Waals surface area (Å²) in [7, 11) is 0. The Labute approximate surface area is 186 Å². The van der Waals surface area contributed by atoms with Gasteiger partial charge in [0.15, 0.2) is 6.23 Å². The molecule has 1 aliphatic heterocycles. The van der Waals surface area contributed by atoms with Gasteiger partial charge >= 0.3 is 11.8 Å². The maximum Gasteiger partial charge on any atom is 0.314 e. The molecule has 0 radical (unpaired) electrons. The van der Waals surface area contributed by atoms with Gasteiger partial charge in [0.1, 0.15) is 11.3 Å². The molecule has 0 bridgehead atoms. The number of hydrogen-bond donors (Lipinski definition) is 2. The molecule has 9 nitrogen and oxygen atoms in total. The first kappa shape index (κ1) is 21.8. The number of nitrogens with zero attached hydrogens (tertiary/aromatic N) is 4. The minimum absolute atomic E-state index is 0.248. The van der Waals surface area contributed by atoms with Crippen LogP contribution in [0.3, 0.4) is 0 Å². The molecule has 0 aliphatic carbocycles. The lowest BCUT2D eigenvalue weighted by atomic mass is 10.1. The summed E-state index contributed by atoms with van der Waals surface area (Å²) in [6.07, 6.45) is 5.67. The maximum absolute atomic E-state index is 12.9. The Morgan fingerprint density at radius 3 is 2.81 bits per heavy atom. The zero-order chi connectivity index (χ0) is 22.7. The van der Waals surface area contributed by atoms with E-state index in [0.717, 1.165) is 30.4 Å². The average molecular weight is 437 g/mol. The minimum Gasteiger partial charge on any atom is -0.383 e. The number of carbonyl (C=O) groups is 2.